The Bertz CT molecular complexity index is 246. The van der Waals surface area contributed by atoms with Crippen molar-refractivity contribution in [3.63, 3.8) is 0 Å². The zero-order valence-corrected chi connectivity index (χ0v) is 10.9. The zero-order chi connectivity index (χ0) is 12.8. The fraction of sp³-hybridized carbons (Fsp3) is 0.917. The predicted molar refractivity (Wildman–Crippen MR) is 67.5 cm³/mol. The molecule has 1 aliphatic rings. The van der Waals surface area contributed by atoms with E-state index in [2.05, 4.69) is 4.90 Å². The van der Waals surface area contributed by atoms with Crippen molar-refractivity contribution in [2.24, 2.45) is 11.7 Å². The summed E-state index contributed by atoms with van der Waals surface area (Å²) in [6, 6.07) is -0.0979. The Morgan fingerprint density at radius 3 is 2.59 bits per heavy atom. The van der Waals surface area contributed by atoms with Crippen molar-refractivity contribution in [3.05, 3.63) is 0 Å². The van der Waals surface area contributed by atoms with Gasteiger partial charge in [-0.3, -0.25) is 9.69 Å². The number of carbonyl (C=O) groups is 1. The fourth-order valence-electron chi connectivity index (χ4n) is 2.07. The van der Waals surface area contributed by atoms with Crippen LogP contribution in [0.3, 0.4) is 0 Å². The summed E-state index contributed by atoms with van der Waals surface area (Å²) in [6.07, 6.45) is 0.970. The molecule has 100 valence electrons. The lowest BCUT2D eigenvalue weighted by Gasteiger charge is -2.26. The topological polar surface area (TPSA) is 69.8 Å². The van der Waals surface area contributed by atoms with Crippen LogP contribution in [0, 0.1) is 5.92 Å². The molecule has 1 aliphatic heterocycles. The number of amides is 1. The van der Waals surface area contributed by atoms with Gasteiger partial charge in [0.15, 0.2) is 0 Å². The van der Waals surface area contributed by atoms with Crippen molar-refractivity contribution in [2.75, 3.05) is 39.3 Å². The Morgan fingerprint density at radius 2 is 2.00 bits per heavy atom. The van der Waals surface area contributed by atoms with Crippen LogP contribution in [0.4, 0.5) is 0 Å². The van der Waals surface area contributed by atoms with E-state index in [1.807, 2.05) is 18.7 Å². The normalized spacial score (nSPS) is 22.0. The Labute approximate surface area is 104 Å². The van der Waals surface area contributed by atoms with Crippen LogP contribution in [-0.4, -0.2) is 66.2 Å². The Morgan fingerprint density at radius 1 is 1.29 bits per heavy atom. The highest BCUT2D eigenvalue weighted by Crippen LogP contribution is 2.10. The third-order valence-electron chi connectivity index (χ3n) is 3.49. The van der Waals surface area contributed by atoms with Gasteiger partial charge in [0, 0.05) is 32.2 Å². The molecule has 1 heterocycles. The summed E-state index contributed by atoms with van der Waals surface area (Å²) in [7, 11) is 0. The van der Waals surface area contributed by atoms with E-state index in [0.29, 0.717) is 6.54 Å². The Kier molecular flexibility index (Phi) is 5.88. The zero-order valence-electron chi connectivity index (χ0n) is 10.9. The van der Waals surface area contributed by atoms with Crippen LogP contribution in [0.1, 0.15) is 20.3 Å². The molecule has 0 aromatic carbocycles. The molecule has 1 saturated heterocycles. The second-order valence-electron chi connectivity index (χ2n) is 4.89. The summed E-state index contributed by atoms with van der Waals surface area (Å²) in [5.74, 6) is 0.0465. The highest BCUT2D eigenvalue weighted by molar-refractivity contribution is 5.79. The van der Waals surface area contributed by atoms with Crippen LogP contribution in [0.25, 0.3) is 0 Å². The molecule has 2 atom stereocenters. The van der Waals surface area contributed by atoms with E-state index < -0.39 is 0 Å². The SMILES string of the molecule is CC(N)C(C)C(=O)N1CCCN(CCO)CC1. The van der Waals surface area contributed by atoms with E-state index in [4.69, 9.17) is 10.8 Å². The van der Waals surface area contributed by atoms with Gasteiger partial charge in [0.05, 0.1) is 12.5 Å². The highest BCUT2D eigenvalue weighted by Gasteiger charge is 2.25. The maximum Gasteiger partial charge on any atom is 0.226 e. The van der Waals surface area contributed by atoms with Crippen LogP contribution >= 0.6 is 0 Å². The minimum absolute atomic E-state index is 0.0979. The molecule has 1 amide bonds. The molecule has 5 nitrogen and oxygen atoms in total. The maximum atomic E-state index is 12.1. The third kappa shape index (κ3) is 4.26. The molecule has 1 rings (SSSR count). The number of β-amino-alcohol motifs (C(OH)–C–C–N with tert-alkyl or cyclic N) is 1. The summed E-state index contributed by atoms with van der Waals surface area (Å²) in [5, 5.41) is 8.91. The second kappa shape index (κ2) is 6.93. The largest absolute Gasteiger partial charge is 0.395 e. The first kappa shape index (κ1) is 14.4. The second-order valence-corrected chi connectivity index (χ2v) is 4.89. The van der Waals surface area contributed by atoms with Gasteiger partial charge in [-0.15, -0.1) is 0 Å². The molecule has 0 aliphatic carbocycles. The van der Waals surface area contributed by atoms with Gasteiger partial charge in [-0.25, -0.2) is 0 Å². The van der Waals surface area contributed by atoms with E-state index in [1.165, 1.54) is 0 Å². The summed E-state index contributed by atoms with van der Waals surface area (Å²) in [6.45, 7) is 8.00. The molecule has 0 aromatic rings. The minimum Gasteiger partial charge on any atom is -0.395 e. The van der Waals surface area contributed by atoms with Gasteiger partial charge in [0.2, 0.25) is 5.91 Å². The van der Waals surface area contributed by atoms with Gasteiger partial charge in [0.1, 0.15) is 0 Å². The van der Waals surface area contributed by atoms with Gasteiger partial charge in [-0.2, -0.15) is 0 Å². The smallest absolute Gasteiger partial charge is 0.226 e. The number of carbonyl (C=O) groups excluding carboxylic acids is 1. The van der Waals surface area contributed by atoms with Gasteiger partial charge >= 0.3 is 0 Å². The number of hydrogen-bond donors (Lipinski definition) is 2. The van der Waals surface area contributed by atoms with Gasteiger partial charge in [0.25, 0.3) is 0 Å². The molecule has 1 fully saturated rings. The van der Waals surface area contributed by atoms with Crippen molar-refractivity contribution in [1.82, 2.24) is 9.80 Å². The molecule has 0 aromatic heterocycles. The van der Waals surface area contributed by atoms with E-state index in [0.717, 1.165) is 32.6 Å². The molecule has 0 spiro atoms. The number of aliphatic hydroxyl groups excluding tert-OH is 1. The van der Waals surface area contributed by atoms with Crippen molar-refractivity contribution in [2.45, 2.75) is 26.3 Å². The molecule has 17 heavy (non-hydrogen) atoms. The lowest BCUT2D eigenvalue weighted by molar-refractivity contribution is -0.135. The van der Waals surface area contributed by atoms with Crippen molar-refractivity contribution < 1.29 is 9.90 Å². The first-order valence-electron chi connectivity index (χ1n) is 6.44. The van der Waals surface area contributed by atoms with Crippen LogP contribution in [0.2, 0.25) is 0 Å². The molecule has 0 bridgehead atoms. The van der Waals surface area contributed by atoms with Gasteiger partial charge in [-0.1, -0.05) is 6.92 Å². The van der Waals surface area contributed by atoms with Crippen molar-refractivity contribution in [1.29, 1.82) is 0 Å². The van der Waals surface area contributed by atoms with E-state index >= 15 is 0 Å². The standard InChI is InChI=1S/C12H25N3O2/c1-10(11(2)13)12(17)15-5-3-4-14(6-7-15)8-9-16/h10-11,16H,3-9,13H2,1-2H3. The number of nitrogens with two attached hydrogens (primary N) is 1. The van der Waals surface area contributed by atoms with Crippen LogP contribution in [-0.2, 0) is 4.79 Å². The number of nitrogens with zero attached hydrogens (tertiary/aromatic N) is 2. The predicted octanol–water partition coefficient (Wildman–Crippen LogP) is -0.504. The molecule has 5 heteroatoms. The van der Waals surface area contributed by atoms with Crippen molar-refractivity contribution >= 4 is 5.91 Å². The third-order valence-corrected chi connectivity index (χ3v) is 3.49. The number of aliphatic hydroxyl groups is 1. The molecular weight excluding hydrogens is 218 g/mol. The number of hydrogen-bond acceptors (Lipinski definition) is 4. The summed E-state index contributed by atoms with van der Waals surface area (Å²) >= 11 is 0. The molecule has 3 N–H and O–H groups in total. The highest BCUT2D eigenvalue weighted by atomic mass is 16.3. The van der Waals surface area contributed by atoms with E-state index in [-0.39, 0.29) is 24.5 Å². The molecule has 2 unspecified atom stereocenters. The van der Waals surface area contributed by atoms with Gasteiger partial charge in [-0.05, 0) is 19.9 Å². The summed E-state index contributed by atoms with van der Waals surface area (Å²) < 4.78 is 0. The van der Waals surface area contributed by atoms with Crippen molar-refractivity contribution in [3.8, 4) is 0 Å². The lowest BCUT2D eigenvalue weighted by Crippen LogP contribution is -2.43. The molecule has 0 saturated carbocycles. The molecular formula is C12H25N3O2. The average molecular weight is 243 g/mol. The lowest BCUT2D eigenvalue weighted by atomic mass is 10.0. The maximum absolute atomic E-state index is 12.1. The van der Waals surface area contributed by atoms with Crippen LogP contribution in [0.5, 0.6) is 0 Å². The molecule has 0 radical (unpaired) electrons. The quantitative estimate of drug-likeness (QED) is 0.698. The van der Waals surface area contributed by atoms with E-state index in [1.54, 1.807) is 0 Å². The number of rotatable bonds is 4. The first-order chi connectivity index (χ1) is 8.06. The average Bonchev–Trinajstić information content (AvgIpc) is 2.53. The van der Waals surface area contributed by atoms with Gasteiger partial charge < -0.3 is 15.7 Å². The minimum atomic E-state index is -0.112. The van der Waals surface area contributed by atoms with Crippen LogP contribution < -0.4 is 5.73 Å². The fourth-order valence-corrected chi connectivity index (χ4v) is 2.07. The Balaban J connectivity index is 2.48. The first-order valence-corrected chi connectivity index (χ1v) is 6.44. The monoisotopic (exact) mass is 243 g/mol. The summed E-state index contributed by atoms with van der Waals surface area (Å²) in [4.78, 5) is 16.2. The summed E-state index contributed by atoms with van der Waals surface area (Å²) in [5.41, 5.74) is 5.77. The van der Waals surface area contributed by atoms with E-state index in [9.17, 15) is 4.79 Å². The Hall–Kier alpha value is -0.650. The van der Waals surface area contributed by atoms with Crippen LogP contribution in [0.15, 0.2) is 0 Å².